The van der Waals surface area contributed by atoms with Crippen molar-refractivity contribution in [2.24, 2.45) is 5.92 Å². The van der Waals surface area contributed by atoms with Gasteiger partial charge < -0.3 is 9.64 Å². The Morgan fingerprint density at radius 3 is 2.62 bits per heavy atom. The zero-order chi connectivity index (χ0) is 18.7. The minimum absolute atomic E-state index is 0.0100. The fourth-order valence-electron chi connectivity index (χ4n) is 2.73. The van der Waals surface area contributed by atoms with Crippen molar-refractivity contribution in [3.05, 3.63) is 64.9 Å². The Kier molecular flexibility index (Phi) is 5.32. The molecule has 0 aromatic heterocycles. The summed E-state index contributed by atoms with van der Waals surface area (Å²) in [7, 11) is 0. The average molecular weight is 376 g/mol. The van der Waals surface area contributed by atoms with Gasteiger partial charge in [0, 0.05) is 29.2 Å². The van der Waals surface area contributed by atoms with E-state index in [0.717, 1.165) is 12.1 Å². The van der Waals surface area contributed by atoms with Crippen LogP contribution in [0, 0.1) is 11.7 Å². The lowest BCUT2D eigenvalue weighted by molar-refractivity contribution is -0.147. The maximum atomic E-state index is 12.9. The molecule has 1 saturated heterocycles. The second kappa shape index (κ2) is 7.66. The smallest absolute Gasteiger partial charge is 0.311 e. The molecule has 0 bridgehead atoms. The van der Waals surface area contributed by atoms with Crippen LogP contribution in [0.3, 0.4) is 0 Å². The molecule has 26 heavy (non-hydrogen) atoms. The van der Waals surface area contributed by atoms with Gasteiger partial charge in [0.1, 0.15) is 5.82 Å². The fraction of sp³-hybridized carbons (Fsp3) is 0.211. The summed E-state index contributed by atoms with van der Waals surface area (Å²) in [6.45, 7) is -0.283. The van der Waals surface area contributed by atoms with Gasteiger partial charge in [-0.25, -0.2) is 4.39 Å². The molecule has 1 atom stereocenters. The highest BCUT2D eigenvalue weighted by molar-refractivity contribution is 6.31. The first-order valence-electron chi connectivity index (χ1n) is 7.95. The molecule has 0 N–H and O–H groups in total. The summed E-state index contributed by atoms with van der Waals surface area (Å²) >= 11 is 5.93. The molecule has 1 amide bonds. The molecule has 5 nitrogen and oxygen atoms in total. The van der Waals surface area contributed by atoms with E-state index >= 15 is 0 Å². The van der Waals surface area contributed by atoms with Crippen LogP contribution >= 0.6 is 11.6 Å². The first kappa shape index (κ1) is 18.1. The van der Waals surface area contributed by atoms with Gasteiger partial charge in [0.15, 0.2) is 12.4 Å². The normalized spacial score (nSPS) is 16.6. The number of Topliss-reactive ketones (excluding diaryl/α,β-unsaturated/α-hetero) is 1. The maximum Gasteiger partial charge on any atom is 0.311 e. The van der Waals surface area contributed by atoms with Crippen LogP contribution in [-0.4, -0.2) is 30.8 Å². The third kappa shape index (κ3) is 4.08. The largest absolute Gasteiger partial charge is 0.457 e. The summed E-state index contributed by atoms with van der Waals surface area (Å²) in [4.78, 5) is 37.8. The Hall–Kier alpha value is -2.73. The molecule has 134 valence electrons. The quantitative estimate of drug-likeness (QED) is 0.594. The maximum absolute atomic E-state index is 12.9. The molecule has 2 aromatic rings. The van der Waals surface area contributed by atoms with Crippen LogP contribution in [0.15, 0.2) is 48.5 Å². The molecule has 0 aliphatic carbocycles. The van der Waals surface area contributed by atoms with Crippen LogP contribution in [0.5, 0.6) is 0 Å². The molecule has 0 unspecified atom stereocenters. The molecule has 7 heteroatoms. The first-order chi connectivity index (χ1) is 12.4. The van der Waals surface area contributed by atoms with E-state index in [-0.39, 0.29) is 24.4 Å². The molecule has 1 aliphatic heterocycles. The third-order valence-corrected chi connectivity index (χ3v) is 4.33. The van der Waals surface area contributed by atoms with E-state index in [4.69, 9.17) is 16.3 Å². The van der Waals surface area contributed by atoms with Gasteiger partial charge in [-0.2, -0.15) is 0 Å². The number of ether oxygens (including phenoxy) is 1. The summed E-state index contributed by atoms with van der Waals surface area (Å²) in [5.74, 6) is -2.36. The van der Waals surface area contributed by atoms with E-state index in [0.29, 0.717) is 10.7 Å². The standard InChI is InChI=1S/C19H15ClFNO4/c20-14-2-1-3-16(9-14)22-10-13(8-18(22)24)19(25)26-11-17(23)12-4-6-15(21)7-5-12/h1-7,9,13H,8,10-11H2/t13-/m1/s1. The van der Waals surface area contributed by atoms with Crippen LogP contribution in [0.2, 0.25) is 5.02 Å². The number of carbonyl (C=O) groups excluding carboxylic acids is 3. The number of benzene rings is 2. The summed E-state index contributed by atoms with van der Waals surface area (Å²) in [6.07, 6.45) is 0.0100. The molecule has 1 heterocycles. The number of esters is 1. The molecule has 0 radical (unpaired) electrons. The molecular weight excluding hydrogens is 361 g/mol. The van der Waals surface area contributed by atoms with Gasteiger partial charge >= 0.3 is 5.97 Å². The topological polar surface area (TPSA) is 63.7 Å². The van der Waals surface area contributed by atoms with Crippen LogP contribution in [0.25, 0.3) is 0 Å². The number of carbonyl (C=O) groups is 3. The zero-order valence-corrected chi connectivity index (χ0v) is 14.4. The molecule has 1 aliphatic rings. The van der Waals surface area contributed by atoms with Crippen molar-refractivity contribution in [1.82, 2.24) is 0 Å². The molecule has 2 aromatic carbocycles. The highest BCUT2D eigenvalue weighted by atomic mass is 35.5. The number of anilines is 1. The molecule has 0 saturated carbocycles. The van der Waals surface area contributed by atoms with E-state index in [1.807, 2.05) is 0 Å². The van der Waals surface area contributed by atoms with Crippen LogP contribution < -0.4 is 4.90 Å². The van der Waals surface area contributed by atoms with Crippen molar-refractivity contribution in [3.63, 3.8) is 0 Å². The van der Waals surface area contributed by atoms with Crippen molar-refractivity contribution in [2.45, 2.75) is 6.42 Å². The van der Waals surface area contributed by atoms with Gasteiger partial charge in [-0.15, -0.1) is 0 Å². The predicted molar refractivity (Wildman–Crippen MR) is 93.6 cm³/mol. The fourth-order valence-corrected chi connectivity index (χ4v) is 2.92. The summed E-state index contributed by atoms with van der Waals surface area (Å²) in [6, 6.07) is 11.8. The number of ketones is 1. The van der Waals surface area contributed by atoms with Crippen molar-refractivity contribution >= 4 is 34.9 Å². The minimum atomic E-state index is -0.650. The van der Waals surface area contributed by atoms with Gasteiger partial charge in [0.05, 0.1) is 5.92 Å². The summed E-state index contributed by atoms with van der Waals surface area (Å²) in [5.41, 5.74) is 0.863. The SMILES string of the molecule is O=C(COC(=O)[C@@H]1CC(=O)N(c2cccc(Cl)c2)C1)c1ccc(F)cc1. The lowest BCUT2D eigenvalue weighted by atomic mass is 10.1. The molecule has 0 spiro atoms. The van der Waals surface area contributed by atoms with Gasteiger partial charge in [-0.1, -0.05) is 17.7 Å². The van der Waals surface area contributed by atoms with Gasteiger partial charge in [-0.3, -0.25) is 14.4 Å². The van der Waals surface area contributed by atoms with E-state index in [2.05, 4.69) is 0 Å². The summed E-state index contributed by atoms with van der Waals surface area (Å²) in [5, 5.41) is 0.492. The Labute approximate surface area is 154 Å². The highest BCUT2D eigenvalue weighted by Crippen LogP contribution is 2.27. The Morgan fingerprint density at radius 2 is 1.92 bits per heavy atom. The predicted octanol–water partition coefficient (Wildman–Crippen LogP) is 3.26. The van der Waals surface area contributed by atoms with E-state index in [1.165, 1.54) is 17.0 Å². The first-order valence-corrected chi connectivity index (χ1v) is 8.33. The Bertz CT molecular complexity index is 853. The van der Waals surface area contributed by atoms with Crippen molar-refractivity contribution in [1.29, 1.82) is 0 Å². The Morgan fingerprint density at radius 1 is 1.19 bits per heavy atom. The highest BCUT2D eigenvalue weighted by Gasteiger charge is 2.36. The number of nitrogens with zero attached hydrogens (tertiary/aromatic N) is 1. The zero-order valence-electron chi connectivity index (χ0n) is 13.7. The number of halogens is 2. The van der Waals surface area contributed by atoms with Crippen LogP contribution in [-0.2, 0) is 14.3 Å². The number of hydrogen-bond acceptors (Lipinski definition) is 4. The number of hydrogen-bond donors (Lipinski definition) is 0. The van der Waals surface area contributed by atoms with E-state index in [9.17, 15) is 18.8 Å². The van der Waals surface area contributed by atoms with E-state index < -0.39 is 30.1 Å². The summed E-state index contributed by atoms with van der Waals surface area (Å²) < 4.78 is 17.9. The van der Waals surface area contributed by atoms with Crippen molar-refractivity contribution in [3.8, 4) is 0 Å². The second-order valence-corrected chi connectivity index (χ2v) is 6.36. The third-order valence-electron chi connectivity index (χ3n) is 4.09. The van der Waals surface area contributed by atoms with E-state index in [1.54, 1.807) is 24.3 Å². The molecule has 1 fully saturated rings. The van der Waals surface area contributed by atoms with Crippen molar-refractivity contribution in [2.75, 3.05) is 18.1 Å². The second-order valence-electron chi connectivity index (χ2n) is 5.92. The molecular formula is C19H15ClFNO4. The monoisotopic (exact) mass is 375 g/mol. The number of amides is 1. The van der Waals surface area contributed by atoms with Crippen LogP contribution in [0.4, 0.5) is 10.1 Å². The van der Waals surface area contributed by atoms with Crippen molar-refractivity contribution < 1.29 is 23.5 Å². The minimum Gasteiger partial charge on any atom is -0.457 e. The number of rotatable bonds is 5. The Balaban J connectivity index is 1.58. The average Bonchev–Trinajstić information content (AvgIpc) is 3.02. The van der Waals surface area contributed by atoms with Crippen LogP contribution in [0.1, 0.15) is 16.8 Å². The lowest BCUT2D eigenvalue weighted by Crippen LogP contribution is -2.27. The molecule has 3 rings (SSSR count). The van der Waals surface area contributed by atoms with Gasteiger partial charge in [0.2, 0.25) is 5.91 Å². The van der Waals surface area contributed by atoms with Gasteiger partial charge in [-0.05, 0) is 42.5 Å². The van der Waals surface area contributed by atoms with Gasteiger partial charge in [0.25, 0.3) is 0 Å². The lowest BCUT2D eigenvalue weighted by Gasteiger charge is -2.16.